The summed E-state index contributed by atoms with van der Waals surface area (Å²) in [5, 5.41) is 3.40. The summed E-state index contributed by atoms with van der Waals surface area (Å²) in [7, 11) is 0. The molecule has 26 heavy (non-hydrogen) atoms. The number of amides is 1. The van der Waals surface area contributed by atoms with Crippen LogP contribution in [0.1, 0.15) is 10.8 Å². The van der Waals surface area contributed by atoms with Gasteiger partial charge in [-0.15, -0.1) is 11.8 Å². The van der Waals surface area contributed by atoms with Gasteiger partial charge in [-0.2, -0.15) is 0 Å². The quantitative estimate of drug-likeness (QED) is 0.403. The zero-order valence-corrected chi connectivity index (χ0v) is 16.0. The van der Waals surface area contributed by atoms with Crippen molar-refractivity contribution in [2.45, 2.75) is 10.1 Å². The number of hydrogen-bond donors (Lipinski definition) is 2. The topological polar surface area (TPSA) is 55.1 Å². The van der Waals surface area contributed by atoms with Gasteiger partial charge in [0.1, 0.15) is 5.25 Å². The normalized spacial score (nSPS) is 11.8. The van der Waals surface area contributed by atoms with Crippen LogP contribution in [0.2, 0.25) is 10.0 Å². The number of carbonyl (C=O) groups is 1. The summed E-state index contributed by atoms with van der Waals surface area (Å²) in [5.41, 5.74) is 7.89. The van der Waals surface area contributed by atoms with Crippen LogP contribution in [-0.4, -0.2) is 5.91 Å². The first kappa shape index (κ1) is 18.6. The number of hydrogen-bond acceptors (Lipinski definition) is 3. The number of thioether (sulfide) groups is 1. The molecule has 0 radical (unpaired) electrons. The first-order chi connectivity index (χ1) is 12.5. The largest absolute Gasteiger partial charge is 0.399 e. The average molecular weight is 403 g/mol. The lowest BCUT2D eigenvalue weighted by atomic mass is 10.1. The zero-order valence-electron chi connectivity index (χ0n) is 13.7. The molecule has 0 saturated carbocycles. The van der Waals surface area contributed by atoms with Crippen LogP contribution in [0.15, 0.2) is 77.7 Å². The molecule has 1 amide bonds. The van der Waals surface area contributed by atoms with Gasteiger partial charge in [0.25, 0.3) is 0 Å². The molecular formula is C20H16Cl2N2OS. The maximum Gasteiger partial charge on any atom is 0.242 e. The summed E-state index contributed by atoms with van der Waals surface area (Å²) in [6.45, 7) is 0. The smallest absolute Gasteiger partial charge is 0.242 e. The molecule has 0 aromatic heterocycles. The van der Waals surface area contributed by atoms with Gasteiger partial charge in [0.2, 0.25) is 5.91 Å². The first-order valence-electron chi connectivity index (χ1n) is 7.85. The highest BCUT2D eigenvalue weighted by molar-refractivity contribution is 8.00. The van der Waals surface area contributed by atoms with Gasteiger partial charge in [-0.3, -0.25) is 4.79 Å². The van der Waals surface area contributed by atoms with E-state index in [-0.39, 0.29) is 5.91 Å². The molecule has 1 atom stereocenters. The highest BCUT2D eigenvalue weighted by atomic mass is 35.5. The molecule has 0 aliphatic rings. The Hall–Kier alpha value is -2.14. The molecule has 1 unspecified atom stereocenters. The Morgan fingerprint density at radius 1 is 0.923 bits per heavy atom. The van der Waals surface area contributed by atoms with Crippen LogP contribution in [0.25, 0.3) is 0 Å². The summed E-state index contributed by atoms with van der Waals surface area (Å²) in [4.78, 5) is 13.9. The number of halogens is 2. The minimum atomic E-state index is -0.433. The summed E-state index contributed by atoms with van der Waals surface area (Å²) in [6, 6.07) is 22.0. The van der Waals surface area contributed by atoms with E-state index in [4.69, 9.17) is 28.9 Å². The van der Waals surface area contributed by atoms with Crippen molar-refractivity contribution in [2.75, 3.05) is 11.1 Å². The van der Waals surface area contributed by atoms with Crippen LogP contribution in [0.3, 0.4) is 0 Å². The van der Waals surface area contributed by atoms with Crippen molar-refractivity contribution in [1.29, 1.82) is 0 Å². The molecule has 0 heterocycles. The van der Waals surface area contributed by atoms with Crippen LogP contribution in [0, 0.1) is 0 Å². The van der Waals surface area contributed by atoms with E-state index in [2.05, 4.69) is 5.32 Å². The van der Waals surface area contributed by atoms with E-state index in [0.717, 1.165) is 10.5 Å². The fourth-order valence-electron chi connectivity index (χ4n) is 2.42. The van der Waals surface area contributed by atoms with E-state index in [0.29, 0.717) is 21.4 Å². The molecule has 0 aliphatic heterocycles. The molecule has 3 nitrogen and oxygen atoms in total. The van der Waals surface area contributed by atoms with Crippen molar-refractivity contribution in [3.8, 4) is 0 Å². The van der Waals surface area contributed by atoms with Gasteiger partial charge in [-0.1, -0.05) is 53.5 Å². The standard InChI is InChI=1S/C20H16Cl2N2OS/c21-14-10-15(22)12-17(11-14)24-20(25)19(13-4-2-1-3-5-13)26-18-8-6-16(23)7-9-18/h1-12,19H,23H2,(H,24,25). The number of nitrogens with one attached hydrogen (secondary N) is 1. The second kappa shape index (κ2) is 8.49. The Morgan fingerprint density at radius 3 is 2.15 bits per heavy atom. The van der Waals surface area contributed by atoms with Crippen LogP contribution >= 0.6 is 35.0 Å². The number of nitrogens with two attached hydrogens (primary N) is 1. The van der Waals surface area contributed by atoms with E-state index >= 15 is 0 Å². The van der Waals surface area contributed by atoms with Crippen LogP contribution in [0.5, 0.6) is 0 Å². The molecule has 3 aromatic rings. The summed E-state index contributed by atoms with van der Waals surface area (Å²) >= 11 is 13.5. The fraction of sp³-hybridized carbons (Fsp3) is 0.0500. The summed E-state index contributed by atoms with van der Waals surface area (Å²) < 4.78 is 0. The van der Waals surface area contributed by atoms with Gasteiger partial charge in [-0.05, 0) is 48.0 Å². The fourth-order valence-corrected chi connectivity index (χ4v) is 3.97. The molecular weight excluding hydrogens is 387 g/mol. The molecule has 3 N–H and O–H groups in total. The molecule has 0 fully saturated rings. The molecule has 0 aliphatic carbocycles. The van der Waals surface area contributed by atoms with E-state index in [1.807, 2.05) is 54.6 Å². The number of rotatable bonds is 5. The first-order valence-corrected chi connectivity index (χ1v) is 9.49. The Morgan fingerprint density at radius 2 is 1.54 bits per heavy atom. The van der Waals surface area contributed by atoms with Crippen molar-refractivity contribution < 1.29 is 4.79 Å². The lowest BCUT2D eigenvalue weighted by molar-refractivity contribution is -0.115. The second-order valence-electron chi connectivity index (χ2n) is 5.62. The van der Waals surface area contributed by atoms with Crippen LogP contribution in [-0.2, 0) is 4.79 Å². The number of benzene rings is 3. The minimum Gasteiger partial charge on any atom is -0.399 e. The highest BCUT2D eigenvalue weighted by Gasteiger charge is 2.22. The van der Waals surface area contributed by atoms with Crippen molar-refractivity contribution in [2.24, 2.45) is 0 Å². The predicted octanol–water partition coefficient (Wildman–Crippen LogP) is 6.05. The van der Waals surface area contributed by atoms with Crippen molar-refractivity contribution in [3.05, 3.63) is 88.4 Å². The molecule has 3 aromatic carbocycles. The average Bonchev–Trinajstić information content (AvgIpc) is 2.61. The van der Waals surface area contributed by atoms with Gasteiger partial charge < -0.3 is 11.1 Å². The number of nitrogen functional groups attached to an aromatic ring is 1. The van der Waals surface area contributed by atoms with E-state index < -0.39 is 5.25 Å². The molecule has 132 valence electrons. The predicted molar refractivity (Wildman–Crippen MR) is 111 cm³/mol. The maximum atomic E-state index is 13.0. The zero-order chi connectivity index (χ0) is 18.5. The summed E-state index contributed by atoms with van der Waals surface area (Å²) in [6.07, 6.45) is 0. The monoisotopic (exact) mass is 402 g/mol. The molecule has 0 spiro atoms. The van der Waals surface area contributed by atoms with E-state index in [1.165, 1.54) is 11.8 Å². The third-order valence-electron chi connectivity index (χ3n) is 3.60. The van der Waals surface area contributed by atoms with Crippen molar-refractivity contribution in [3.63, 3.8) is 0 Å². The molecule has 0 saturated heterocycles. The highest BCUT2D eigenvalue weighted by Crippen LogP contribution is 2.36. The van der Waals surface area contributed by atoms with Crippen LogP contribution < -0.4 is 11.1 Å². The lowest BCUT2D eigenvalue weighted by Gasteiger charge is -2.17. The molecule has 3 rings (SSSR count). The Kier molecular flexibility index (Phi) is 6.09. The van der Waals surface area contributed by atoms with E-state index in [1.54, 1.807) is 18.2 Å². The van der Waals surface area contributed by atoms with Gasteiger partial charge in [-0.25, -0.2) is 0 Å². The van der Waals surface area contributed by atoms with E-state index in [9.17, 15) is 4.79 Å². The Labute approximate surface area is 166 Å². The van der Waals surface area contributed by atoms with Gasteiger partial charge in [0.05, 0.1) is 0 Å². The molecule has 0 bridgehead atoms. The minimum absolute atomic E-state index is 0.156. The lowest BCUT2D eigenvalue weighted by Crippen LogP contribution is -2.19. The maximum absolute atomic E-state index is 13.0. The van der Waals surface area contributed by atoms with Crippen molar-refractivity contribution >= 4 is 52.2 Å². The van der Waals surface area contributed by atoms with Crippen LogP contribution in [0.4, 0.5) is 11.4 Å². The third-order valence-corrected chi connectivity index (χ3v) is 5.31. The Balaban J connectivity index is 1.87. The number of anilines is 2. The van der Waals surface area contributed by atoms with Gasteiger partial charge >= 0.3 is 0 Å². The van der Waals surface area contributed by atoms with Crippen molar-refractivity contribution in [1.82, 2.24) is 0 Å². The SMILES string of the molecule is Nc1ccc(SC(C(=O)Nc2cc(Cl)cc(Cl)c2)c2ccccc2)cc1. The second-order valence-corrected chi connectivity index (χ2v) is 7.68. The third kappa shape index (κ3) is 4.94. The number of carbonyl (C=O) groups excluding carboxylic acids is 1. The van der Waals surface area contributed by atoms with Gasteiger partial charge in [0.15, 0.2) is 0 Å². The van der Waals surface area contributed by atoms with Gasteiger partial charge in [0, 0.05) is 26.3 Å². The Bertz CT molecular complexity index is 881. The summed E-state index contributed by atoms with van der Waals surface area (Å²) in [5.74, 6) is -0.156. The molecule has 6 heteroatoms.